The highest BCUT2D eigenvalue weighted by atomic mass is 32.1. The number of carbonyl (C=O) groups excluding carboxylic acids is 1. The average Bonchev–Trinajstić information content (AvgIpc) is 4.12. The Labute approximate surface area is 362 Å². The van der Waals surface area contributed by atoms with Gasteiger partial charge in [-0.15, -0.1) is 27.8 Å². The van der Waals surface area contributed by atoms with E-state index in [-0.39, 0.29) is 23.0 Å². The second-order valence-electron chi connectivity index (χ2n) is 16.8. The quantitative estimate of drug-likeness (QED) is 0.0653. The third kappa shape index (κ3) is 8.35. The van der Waals surface area contributed by atoms with Crippen molar-refractivity contribution >= 4 is 50.4 Å². The average molecular weight is 857 g/mol. The number of aromatic nitrogens is 4. The molecule has 0 radical (unpaired) electrons. The number of fused-ring (bicyclic) bond motifs is 4. The lowest BCUT2D eigenvalue weighted by Crippen LogP contribution is -2.39. The molecule has 11 nitrogen and oxygen atoms in total. The number of thiophene rings is 2. The standard InChI is InChI=1S/C48H52N6O5S2/c1-53(33-15-13-30(14-16-33)26-42(57)48(59,43-12-6-25-60-43)44-21-20-41(61-44)31-8-3-2-4-9-31)23-7-24-54-47-37-11-5-10-34(37)32(27-38(47)51-52-54)28-49-29-40(56)35-17-19-39(55)46-36(35)18-22-45(58)50-46/h2-4,6,8-9,12,17-22,25,27,30,33,40,49,55-56,59H,5,7,10-11,13-16,23-24,26,28-29H2,1H3,(H,50,58)/t30-,33-,40-,48-/m0/s1. The number of Topliss-reactive ketones (excluding diaryl/α,β-unsaturated/α-hetero) is 1. The monoisotopic (exact) mass is 856 g/mol. The number of nitrogens with zero attached hydrogens (tertiary/aromatic N) is 4. The van der Waals surface area contributed by atoms with Gasteiger partial charge in [0.15, 0.2) is 11.4 Å². The Balaban J connectivity index is 0.780. The fraction of sp³-hybridized carbons (Fsp3) is 0.375. The van der Waals surface area contributed by atoms with E-state index < -0.39 is 11.7 Å². The lowest BCUT2D eigenvalue weighted by atomic mass is 9.79. The fourth-order valence-electron chi connectivity index (χ4n) is 9.69. The van der Waals surface area contributed by atoms with Gasteiger partial charge in [-0.2, -0.15) is 0 Å². The Hall–Kier alpha value is -5.02. The molecule has 316 valence electrons. The summed E-state index contributed by atoms with van der Waals surface area (Å²) in [6.07, 6.45) is 7.55. The highest BCUT2D eigenvalue weighted by Gasteiger charge is 2.43. The maximum Gasteiger partial charge on any atom is 0.248 e. The van der Waals surface area contributed by atoms with Gasteiger partial charge < -0.3 is 30.5 Å². The molecule has 2 aliphatic rings. The molecule has 0 saturated heterocycles. The maximum absolute atomic E-state index is 14.1. The molecular formula is C48H52N6O5S2. The van der Waals surface area contributed by atoms with Gasteiger partial charge in [0.1, 0.15) is 11.3 Å². The first-order valence-corrected chi connectivity index (χ1v) is 23.1. The van der Waals surface area contributed by atoms with E-state index in [0.717, 1.165) is 85.9 Å². The van der Waals surface area contributed by atoms with Crippen molar-refractivity contribution in [2.75, 3.05) is 20.1 Å². The number of aromatic hydroxyl groups is 1. The molecule has 1 saturated carbocycles. The van der Waals surface area contributed by atoms with Crippen LogP contribution in [-0.4, -0.2) is 72.2 Å². The van der Waals surface area contributed by atoms with Gasteiger partial charge >= 0.3 is 0 Å². The van der Waals surface area contributed by atoms with Crippen LogP contribution in [0.3, 0.4) is 0 Å². The SMILES string of the molecule is CN(CCCn1nnc2cc(CNC[C@H](O)c3ccc(O)c4[nH]c(=O)ccc34)c3c(c21)CCC3)[C@H]1CC[C@H](CC(=O)[C@](O)(c2cccs2)c2ccc(-c3ccccc3)s2)CC1. The molecule has 13 heteroatoms. The molecular weight excluding hydrogens is 805 g/mol. The van der Waals surface area contributed by atoms with Gasteiger partial charge in [0.25, 0.3) is 0 Å². The van der Waals surface area contributed by atoms with Crippen LogP contribution in [0.2, 0.25) is 0 Å². The van der Waals surface area contributed by atoms with Crippen molar-refractivity contribution in [1.29, 1.82) is 0 Å². The summed E-state index contributed by atoms with van der Waals surface area (Å²) >= 11 is 2.94. The second-order valence-corrected chi connectivity index (χ2v) is 18.8. The zero-order valence-corrected chi connectivity index (χ0v) is 36.0. The Bertz CT molecular complexity index is 2700. The number of pyridine rings is 1. The summed E-state index contributed by atoms with van der Waals surface area (Å²) in [5.74, 6) is 0.110. The van der Waals surface area contributed by atoms with Crippen LogP contribution >= 0.6 is 22.7 Å². The minimum absolute atomic E-state index is 0.0290. The van der Waals surface area contributed by atoms with E-state index in [9.17, 15) is 24.9 Å². The van der Waals surface area contributed by atoms with Crippen LogP contribution in [0.5, 0.6) is 5.75 Å². The first-order chi connectivity index (χ1) is 29.7. The van der Waals surface area contributed by atoms with Crippen molar-refractivity contribution < 1.29 is 20.1 Å². The molecule has 0 amide bonds. The number of carbonyl (C=O) groups is 1. The molecule has 3 aromatic carbocycles. The number of aliphatic hydroxyl groups excluding tert-OH is 1. The van der Waals surface area contributed by atoms with Gasteiger partial charge in [0.05, 0.1) is 17.1 Å². The number of nitrogens with one attached hydrogen (secondary N) is 2. The predicted molar refractivity (Wildman–Crippen MR) is 242 cm³/mol. The predicted octanol–water partition coefficient (Wildman–Crippen LogP) is 7.86. The topological polar surface area (TPSA) is 157 Å². The van der Waals surface area contributed by atoms with E-state index in [1.165, 1.54) is 51.5 Å². The number of phenolic OH excluding ortho intramolecular Hbond substituents is 1. The molecule has 9 rings (SSSR count). The Morgan fingerprint density at radius 2 is 1.82 bits per heavy atom. The number of ketones is 1. The number of aromatic amines is 1. The van der Waals surface area contributed by atoms with Crippen LogP contribution in [0, 0.1) is 5.92 Å². The van der Waals surface area contributed by atoms with E-state index >= 15 is 0 Å². The lowest BCUT2D eigenvalue weighted by Gasteiger charge is -2.35. The van der Waals surface area contributed by atoms with E-state index in [0.29, 0.717) is 51.8 Å². The molecule has 1 fully saturated rings. The number of hydrogen-bond donors (Lipinski definition) is 5. The molecule has 0 spiro atoms. The summed E-state index contributed by atoms with van der Waals surface area (Å²) < 4.78 is 2.09. The molecule has 4 heterocycles. The van der Waals surface area contributed by atoms with Gasteiger partial charge in [-0.05, 0) is 140 Å². The second kappa shape index (κ2) is 17.8. The Morgan fingerprint density at radius 1 is 1.00 bits per heavy atom. The van der Waals surface area contributed by atoms with Gasteiger partial charge in [-0.3, -0.25) is 9.59 Å². The van der Waals surface area contributed by atoms with E-state index in [4.69, 9.17) is 0 Å². The molecule has 2 aliphatic carbocycles. The summed E-state index contributed by atoms with van der Waals surface area (Å²) in [6, 6.07) is 26.7. The van der Waals surface area contributed by atoms with Gasteiger partial charge in [-0.25, -0.2) is 4.68 Å². The van der Waals surface area contributed by atoms with Crippen molar-refractivity contribution in [3.63, 3.8) is 0 Å². The van der Waals surface area contributed by atoms with Crippen LogP contribution in [0.1, 0.15) is 83.1 Å². The molecule has 2 atom stereocenters. The zero-order valence-electron chi connectivity index (χ0n) is 34.3. The van der Waals surface area contributed by atoms with E-state index in [2.05, 4.69) is 55.4 Å². The van der Waals surface area contributed by atoms with Crippen molar-refractivity contribution in [1.82, 2.24) is 30.2 Å². The first kappa shape index (κ1) is 41.3. The zero-order chi connectivity index (χ0) is 42.1. The summed E-state index contributed by atoms with van der Waals surface area (Å²) in [5.41, 5.74) is 5.98. The third-order valence-electron chi connectivity index (χ3n) is 13.0. The minimum Gasteiger partial charge on any atom is -0.506 e. The first-order valence-electron chi connectivity index (χ1n) is 21.4. The smallest absolute Gasteiger partial charge is 0.248 e. The third-order valence-corrected chi connectivity index (χ3v) is 15.2. The number of phenols is 1. The lowest BCUT2D eigenvalue weighted by molar-refractivity contribution is -0.135. The summed E-state index contributed by atoms with van der Waals surface area (Å²) in [4.78, 5) is 33.5. The molecule has 4 aromatic heterocycles. The van der Waals surface area contributed by atoms with Crippen molar-refractivity contribution in [2.45, 2.75) is 88.6 Å². The summed E-state index contributed by atoms with van der Waals surface area (Å²) in [7, 11) is 2.21. The number of hydrogen-bond acceptors (Lipinski definition) is 11. The van der Waals surface area contributed by atoms with Crippen molar-refractivity contribution in [3.05, 3.63) is 133 Å². The molecule has 0 unspecified atom stereocenters. The molecule has 0 aliphatic heterocycles. The highest BCUT2D eigenvalue weighted by molar-refractivity contribution is 7.16. The Morgan fingerprint density at radius 3 is 2.62 bits per heavy atom. The normalized spacial score (nSPS) is 18.2. The van der Waals surface area contributed by atoms with Crippen LogP contribution in [-0.2, 0) is 36.3 Å². The van der Waals surface area contributed by atoms with Crippen LogP contribution in [0.25, 0.3) is 32.4 Å². The van der Waals surface area contributed by atoms with Gasteiger partial charge in [0, 0.05) is 58.2 Å². The fourth-order valence-corrected chi connectivity index (χ4v) is 11.7. The number of benzene rings is 3. The molecule has 0 bridgehead atoms. The number of rotatable bonds is 16. The van der Waals surface area contributed by atoms with Crippen molar-refractivity contribution in [2.24, 2.45) is 5.92 Å². The largest absolute Gasteiger partial charge is 0.506 e. The van der Waals surface area contributed by atoms with Gasteiger partial charge in [-0.1, -0.05) is 47.7 Å². The van der Waals surface area contributed by atoms with Crippen LogP contribution < -0.4 is 10.9 Å². The van der Waals surface area contributed by atoms with Crippen LogP contribution in [0.4, 0.5) is 0 Å². The highest BCUT2D eigenvalue weighted by Crippen LogP contribution is 2.43. The molecule has 61 heavy (non-hydrogen) atoms. The molecule has 7 aromatic rings. The number of aliphatic hydroxyl groups is 2. The molecule has 5 N–H and O–H groups in total. The van der Waals surface area contributed by atoms with E-state index in [1.54, 1.807) is 12.1 Å². The number of H-pyrrole nitrogens is 1. The summed E-state index contributed by atoms with van der Waals surface area (Å²) in [6.45, 7) is 2.60. The summed E-state index contributed by atoms with van der Waals surface area (Å²) in [5, 5.41) is 48.8. The Kier molecular flexibility index (Phi) is 12.0. The van der Waals surface area contributed by atoms with Crippen LogP contribution in [0.15, 0.2) is 95.1 Å². The van der Waals surface area contributed by atoms with Gasteiger partial charge in [0.2, 0.25) is 5.56 Å². The number of aryl methyl sites for hydroxylation is 2. The maximum atomic E-state index is 14.1. The van der Waals surface area contributed by atoms with E-state index in [1.807, 2.05) is 47.8 Å². The minimum atomic E-state index is -1.64. The van der Waals surface area contributed by atoms with Crippen molar-refractivity contribution in [3.8, 4) is 16.2 Å².